The molecule has 0 saturated carbocycles. The van der Waals surface area contributed by atoms with Crippen LogP contribution in [0.2, 0.25) is 0 Å². The van der Waals surface area contributed by atoms with Crippen molar-refractivity contribution >= 4 is 0 Å². The highest BCUT2D eigenvalue weighted by molar-refractivity contribution is 5.41. The fraction of sp³-hybridized carbons (Fsp3) is 0.357. The largest absolute Gasteiger partial charge is 0.494 e. The van der Waals surface area contributed by atoms with Crippen LogP contribution in [0, 0.1) is 5.82 Å². The van der Waals surface area contributed by atoms with E-state index in [0.717, 1.165) is 24.3 Å². The molecular formula is C14H16FN3O. The molecule has 2 aromatic rings. The summed E-state index contributed by atoms with van der Waals surface area (Å²) in [7, 11) is 1.47. The predicted molar refractivity (Wildman–Crippen MR) is 70.1 cm³/mol. The predicted octanol–water partition coefficient (Wildman–Crippen LogP) is 2.44. The first kappa shape index (κ1) is 12.2. The molecule has 0 spiro atoms. The molecule has 1 aromatic carbocycles. The van der Waals surface area contributed by atoms with Gasteiger partial charge in [0.2, 0.25) is 0 Å². The van der Waals surface area contributed by atoms with Crippen molar-refractivity contribution in [3.05, 3.63) is 42.2 Å². The van der Waals surface area contributed by atoms with Crippen molar-refractivity contribution in [3.63, 3.8) is 0 Å². The summed E-state index contributed by atoms with van der Waals surface area (Å²) in [6.07, 6.45) is 5.88. The van der Waals surface area contributed by atoms with Gasteiger partial charge in [-0.1, -0.05) is 0 Å². The summed E-state index contributed by atoms with van der Waals surface area (Å²) in [6.45, 7) is 1.03. The third kappa shape index (κ3) is 2.21. The van der Waals surface area contributed by atoms with Crippen LogP contribution in [0.1, 0.15) is 24.6 Å². The lowest BCUT2D eigenvalue weighted by atomic mass is 10.1. The Morgan fingerprint density at radius 1 is 1.47 bits per heavy atom. The number of rotatable bonds is 3. The average Bonchev–Trinajstić information content (AvgIpc) is 3.09. The number of ether oxygens (including phenoxy) is 1. The number of nitrogens with one attached hydrogen (secondary N) is 1. The summed E-state index contributed by atoms with van der Waals surface area (Å²) in [6, 6.07) is 5.16. The van der Waals surface area contributed by atoms with E-state index < -0.39 is 0 Å². The number of hydrogen-bond donors (Lipinski definition) is 1. The van der Waals surface area contributed by atoms with Gasteiger partial charge in [-0.05, 0) is 31.5 Å². The summed E-state index contributed by atoms with van der Waals surface area (Å²) in [5.41, 5.74) is 1.96. The van der Waals surface area contributed by atoms with Gasteiger partial charge in [0.1, 0.15) is 0 Å². The van der Waals surface area contributed by atoms with Gasteiger partial charge in [0.15, 0.2) is 11.6 Å². The Labute approximate surface area is 111 Å². The van der Waals surface area contributed by atoms with Crippen molar-refractivity contribution < 1.29 is 9.13 Å². The van der Waals surface area contributed by atoms with Crippen molar-refractivity contribution in [3.8, 4) is 11.4 Å². The number of aromatic nitrogens is 2. The lowest BCUT2D eigenvalue weighted by Crippen LogP contribution is -2.16. The second-order valence-corrected chi connectivity index (χ2v) is 4.66. The van der Waals surface area contributed by atoms with Gasteiger partial charge in [0.25, 0.3) is 0 Å². The standard InChI is InChI=1S/C14H16FN3O/c1-19-14-7-10(4-5-11(14)15)18-9-16-8-13(18)12-3-2-6-17-12/h4-5,7-9,12,17H,2-3,6H2,1H3/t12-/m0/s1. The van der Waals surface area contributed by atoms with Crippen molar-refractivity contribution in [1.82, 2.24) is 14.9 Å². The molecule has 1 aliphatic heterocycles. The van der Waals surface area contributed by atoms with E-state index in [1.807, 2.05) is 10.8 Å². The van der Waals surface area contributed by atoms with E-state index in [9.17, 15) is 4.39 Å². The number of methoxy groups -OCH3 is 1. The normalized spacial score (nSPS) is 18.7. The van der Waals surface area contributed by atoms with Gasteiger partial charge < -0.3 is 14.6 Å². The van der Waals surface area contributed by atoms with Crippen LogP contribution >= 0.6 is 0 Å². The molecule has 1 fully saturated rings. The molecule has 0 aliphatic carbocycles. The summed E-state index contributed by atoms with van der Waals surface area (Å²) >= 11 is 0. The van der Waals surface area contributed by atoms with Crippen LogP contribution in [0.25, 0.3) is 5.69 Å². The zero-order chi connectivity index (χ0) is 13.2. The van der Waals surface area contributed by atoms with Gasteiger partial charge in [-0.25, -0.2) is 9.37 Å². The maximum Gasteiger partial charge on any atom is 0.165 e. The second kappa shape index (κ2) is 5.01. The zero-order valence-electron chi connectivity index (χ0n) is 10.8. The molecular weight excluding hydrogens is 245 g/mol. The summed E-state index contributed by atoms with van der Waals surface area (Å²) in [4.78, 5) is 4.21. The Morgan fingerprint density at radius 2 is 2.37 bits per heavy atom. The molecule has 4 nitrogen and oxygen atoms in total. The smallest absolute Gasteiger partial charge is 0.165 e. The molecule has 5 heteroatoms. The molecule has 100 valence electrons. The van der Waals surface area contributed by atoms with Gasteiger partial charge in [-0.3, -0.25) is 0 Å². The summed E-state index contributed by atoms with van der Waals surface area (Å²) in [5.74, 6) is -0.108. The van der Waals surface area contributed by atoms with Crippen LogP contribution in [0.3, 0.4) is 0 Å². The summed E-state index contributed by atoms with van der Waals surface area (Å²) < 4.78 is 20.5. The second-order valence-electron chi connectivity index (χ2n) is 4.66. The number of halogens is 1. The van der Waals surface area contributed by atoms with E-state index in [4.69, 9.17) is 4.74 Å². The van der Waals surface area contributed by atoms with Crippen molar-refractivity contribution in [2.75, 3.05) is 13.7 Å². The Balaban J connectivity index is 2.00. The Bertz CT molecular complexity index is 576. The number of hydrogen-bond acceptors (Lipinski definition) is 3. The first-order chi connectivity index (χ1) is 9.29. The molecule has 1 atom stereocenters. The molecule has 1 N–H and O–H groups in total. The highest BCUT2D eigenvalue weighted by Crippen LogP contribution is 2.27. The molecule has 1 aromatic heterocycles. The van der Waals surface area contributed by atoms with Crippen LogP contribution < -0.4 is 10.1 Å². The van der Waals surface area contributed by atoms with Crippen molar-refractivity contribution in [2.45, 2.75) is 18.9 Å². The van der Waals surface area contributed by atoms with E-state index in [0.29, 0.717) is 6.04 Å². The van der Waals surface area contributed by atoms with Crippen LogP contribution in [-0.4, -0.2) is 23.2 Å². The molecule has 1 aliphatic rings. The zero-order valence-corrected chi connectivity index (χ0v) is 10.8. The van der Waals surface area contributed by atoms with Crippen LogP contribution in [0.15, 0.2) is 30.7 Å². The molecule has 3 rings (SSSR count). The van der Waals surface area contributed by atoms with Crippen molar-refractivity contribution in [1.29, 1.82) is 0 Å². The highest BCUT2D eigenvalue weighted by atomic mass is 19.1. The maximum absolute atomic E-state index is 13.5. The number of benzene rings is 1. The van der Waals surface area contributed by atoms with Gasteiger partial charge >= 0.3 is 0 Å². The molecule has 19 heavy (non-hydrogen) atoms. The average molecular weight is 261 g/mol. The third-order valence-corrected chi connectivity index (χ3v) is 3.50. The fourth-order valence-corrected chi connectivity index (χ4v) is 2.51. The van der Waals surface area contributed by atoms with Gasteiger partial charge in [0, 0.05) is 12.1 Å². The molecule has 0 amide bonds. The monoisotopic (exact) mass is 261 g/mol. The Morgan fingerprint density at radius 3 is 3.11 bits per heavy atom. The van der Waals surface area contributed by atoms with Gasteiger partial charge in [-0.2, -0.15) is 0 Å². The molecule has 0 bridgehead atoms. The van der Waals surface area contributed by atoms with E-state index in [1.54, 1.807) is 18.5 Å². The minimum Gasteiger partial charge on any atom is -0.494 e. The fourth-order valence-electron chi connectivity index (χ4n) is 2.51. The van der Waals surface area contributed by atoms with Gasteiger partial charge in [-0.15, -0.1) is 0 Å². The maximum atomic E-state index is 13.5. The van der Waals surface area contributed by atoms with Crippen molar-refractivity contribution in [2.24, 2.45) is 0 Å². The molecule has 1 saturated heterocycles. The van der Waals surface area contributed by atoms with E-state index in [1.165, 1.54) is 19.6 Å². The quantitative estimate of drug-likeness (QED) is 0.922. The van der Waals surface area contributed by atoms with E-state index >= 15 is 0 Å². The lowest BCUT2D eigenvalue weighted by molar-refractivity contribution is 0.386. The van der Waals surface area contributed by atoms with E-state index in [-0.39, 0.29) is 11.6 Å². The SMILES string of the molecule is COc1cc(-n2cncc2[C@@H]2CCCN2)ccc1F. The van der Waals surface area contributed by atoms with Gasteiger partial charge in [0.05, 0.1) is 31.0 Å². The highest BCUT2D eigenvalue weighted by Gasteiger charge is 2.20. The minimum absolute atomic E-state index is 0.247. The van der Waals surface area contributed by atoms with Crippen LogP contribution in [0.4, 0.5) is 4.39 Å². The Kier molecular flexibility index (Phi) is 3.21. The van der Waals surface area contributed by atoms with E-state index in [2.05, 4.69) is 10.3 Å². The Hall–Kier alpha value is -1.88. The van der Waals surface area contributed by atoms with Crippen LogP contribution in [-0.2, 0) is 0 Å². The van der Waals surface area contributed by atoms with Crippen LogP contribution in [0.5, 0.6) is 5.75 Å². The number of nitrogens with zero attached hydrogens (tertiary/aromatic N) is 2. The molecule has 0 unspecified atom stereocenters. The molecule has 0 radical (unpaired) electrons. The summed E-state index contributed by atoms with van der Waals surface area (Å²) in [5, 5.41) is 3.44. The minimum atomic E-state index is -0.355. The third-order valence-electron chi connectivity index (χ3n) is 3.50. The molecule has 2 heterocycles. The number of imidazole rings is 1. The topological polar surface area (TPSA) is 39.1 Å². The lowest BCUT2D eigenvalue weighted by Gasteiger charge is -2.14. The first-order valence-corrected chi connectivity index (χ1v) is 6.39. The first-order valence-electron chi connectivity index (χ1n) is 6.39.